The molecule has 1 aliphatic rings. The Hall–Kier alpha value is -3.55. The van der Waals surface area contributed by atoms with Crippen LogP contribution in [0.5, 0.6) is 0 Å². The van der Waals surface area contributed by atoms with Gasteiger partial charge in [-0.2, -0.15) is 4.68 Å². The van der Waals surface area contributed by atoms with Crippen molar-refractivity contribution in [3.05, 3.63) is 82.1 Å². The number of benzene rings is 2. The maximum absolute atomic E-state index is 13.7. The van der Waals surface area contributed by atoms with E-state index in [2.05, 4.69) is 15.3 Å². The maximum atomic E-state index is 13.7. The molecule has 2 heterocycles. The van der Waals surface area contributed by atoms with E-state index >= 15 is 0 Å². The van der Waals surface area contributed by atoms with Crippen LogP contribution in [-0.4, -0.2) is 28.8 Å². The van der Waals surface area contributed by atoms with Crippen molar-refractivity contribution in [2.24, 2.45) is 0 Å². The third-order valence-electron chi connectivity index (χ3n) is 4.77. The molecule has 4 rings (SSSR count). The molecule has 0 bridgehead atoms. The van der Waals surface area contributed by atoms with Crippen LogP contribution < -0.4 is 15.8 Å². The lowest BCUT2D eigenvalue weighted by Crippen LogP contribution is -2.26. The van der Waals surface area contributed by atoms with E-state index in [1.54, 1.807) is 18.2 Å². The Morgan fingerprint density at radius 1 is 0.966 bits per heavy atom. The van der Waals surface area contributed by atoms with Crippen molar-refractivity contribution in [3.8, 4) is 5.69 Å². The number of aromatic nitrogens is 2. The van der Waals surface area contributed by atoms with Crippen molar-refractivity contribution in [1.29, 1.82) is 0 Å². The lowest BCUT2D eigenvalue weighted by molar-refractivity contribution is 0.102. The fraction of sp³-hybridized carbons (Fsp3) is 0.190. The van der Waals surface area contributed by atoms with Crippen LogP contribution in [0.15, 0.2) is 59.4 Å². The molecular weight excluding hydrogens is 378 g/mol. The minimum absolute atomic E-state index is 0.114. The van der Waals surface area contributed by atoms with Crippen molar-refractivity contribution in [3.63, 3.8) is 0 Å². The summed E-state index contributed by atoms with van der Waals surface area (Å²) in [5, 5.41) is 6.83. The summed E-state index contributed by atoms with van der Waals surface area (Å²) in [7, 11) is 0. The fourth-order valence-electron chi connectivity index (χ4n) is 3.24. The molecular formula is C21H18F2N4O2. The van der Waals surface area contributed by atoms with Crippen LogP contribution in [0.2, 0.25) is 0 Å². The molecule has 0 aliphatic carbocycles. The van der Waals surface area contributed by atoms with Gasteiger partial charge in [-0.3, -0.25) is 9.59 Å². The molecule has 1 N–H and O–H groups in total. The van der Waals surface area contributed by atoms with E-state index in [9.17, 15) is 18.4 Å². The standard InChI is InChI=1S/C21H18F2N4O2/c22-15-5-8-18(17(23)13-15)24-21(29)14-3-6-16(7-4-14)27-20(28)10-9-19(25-27)26-11-1-2-12-26/h3-10,13H,1-2,11-12H2,(H,24,29). The van der Waals surface area contributed by atoms with Gasteiger partial charge in [-0.25, -0.2) is 8.78 Å². The molecule has 0 saturated carbocycles. The maximum Gasteiger partial charge on any atom is 0.271 e. The molecule has 148 valence electrons. The second kappa shape index (κ2) is 7.83. The summed E-state index contributed by atoms with van der Waals surface area (Å²) in [6.07, 6.45) is 2.19. The van der Waals surface area contributed by atoms with Gasteiger partial charge >= 0.3 is 0 Å². The average Bonchev–Trinajstić information content (AvgIpc) is 3.25. The molecule has 1 fully saturated rings. The van der Waals surface area contributed by atoms with Crippen molar-refractivity contribution in [2.45, 2.75) is 12.8 Å². The van der Waals surface area contributed by atoms with Crippen molar-refractivity contribution in [1.82, 2.24) is 9.78 Å². The minimum Gasteiger partial charge on any atom is -0.355 e. The molecule has 3 aromatic rings. The second-order valence-electron chi connectivity index (χ2n) is 6.76. The molecule has 1 amide bonds. The molecule has 1 aliphatic heterocycles. The number of nitrogens with zero attached hydrogens (tertiary/aromatic N) is 3. The number of nitrogens with one attached hydrogen (secondary N) is 1. The first-order valence-electron chi connectivity index (χ1n) is 9.23. The number of rotatable bonds is 4. The average molecular weight is 396 g/mol. The van der Waals surface area contributed by atoms with E-state index in [-0.39, 0.29) is 16.8 Å². The molecule has 8 heteroatoms. The third-order valence-corrected chi connectivity index (χ3v) is 4.77. The normalized spacial score (nSPS) is 13.5. The van der Waals surface area contributed by atoms with E-state index in [0.29, 0.717) is 11.8 Å². The van der Waals surface area contributed by atoms with Gasteiger partial charge in [0.1, 0.15) is 17.5 Å². The highest BCUT2D eigenvalue weighted by atomic mass is 19.1. The molecule has 1 saturated heterocycles. The minimum atomic E-state index is -0.857. The number of carbonyl (C=O) groups excluding carboxylic acids is 1. The number of carbonyl (C=O) groups is 1. The SMILES string of the molecule is O=C(Nc1ccc(F)cc1F)c1ccc(-n2nc(N3CCCC3)ccc2=O)cc1. The van der Waals surface area contributed by atoms with Gasteiger partial charge in [-0.1, -0.05) is 0 Å². The molecule has 1 aromatic heterocycles. The van der Waals surface area contributed by atoms with Crippen LogP contribution in [-0.2, 0) is 0 Å². The zero-order valence-corrected chi connectivity index (χ0v) is 15.4. The van der Waals surface area contributed by atoms with Gasteiger partial charge in [0.2, 0.25) is 0 Å². The van der Waals surface area contributed by atoms with Gasteiger partial charge in [0, 0.05) is 30.8 Å². The fourth-order valence-corrected chi connectivity index (χ4v) is 3.24. The van der Waals surface area contributed by atoms with Crippen LogP contribution >= 0.6 is 0 Å². The molecule has 2 aromatic carbocycles. The molecule has 0 unspecified atom stereocenters. The summed E-state index contributed by atoms with van der Waals surface area (Å²) in [5.41, 5.74) is 0.386. The lowest BCUT2D eigenvalue weighted by Gasteiger charge is -2.17. The molecule has 0 atom stereocenters. The predicted octanol–water partition coefficient (Wildman–Crippen LogP) is 3.36. The smallest absolute Gasteiger partial charge is 0.271 e. The Balaban J connectivity index is 1.55. The van der Waals surface area contributed by atoms with Crippen LogP contribution in [0.1, 0.15) is 23.2 Å². The molecule has 29 heavy (non-hydrogen) atoms. The first-order valence-corrected chi connectivity index (χ1v) is 9.23. The van der Waals surface area contributed by atoms with Crippen molar-refractivity contribution < 1.29 is 13.6 Å². The van der Waals surface area contributed by atoms with Gasteiger partial charge in [-0.05, 0) is 55.3 Å². The van der Waals surface area contributed by atoms with E-state index in [4.69, 9.17) is 0 Å². The quantitative estimate of drug-likeness (QED) is 0.734. The summed E-state index contributed by atoms with van der Waals surface area (Å²) in [4.78, 5) is 26.7. The number of hydrogen-bond donors (Lipinski definition) is 1. The van der Waals surface area contributed by atoms with Crippen molar-refractivity contribution in [2.75, 3.05) is 23.3 Å². The Kier molecular flexibility index (Phi) is 5.07. The van der Waals surface area contributed by atoms with Gasteiger partial charge in [0.25, 0.3) is 11.5 Å². The van der Waals surface area contributed by atoms with Gasteiger partial charge in [0.05, 0.1) is 11.4 Å². The lowest BCUT2D eigenvalue weighted by atomic mass is 10.2. The van der Waals surface area contributed by atoms with E-state index < -0.39 is 17.5 Å². The number of amides is 1. The summed E-state index contributed by atoms with van der Waals surface area (Å²) in [6.45, 7) is 1.81. The summed E-state index contributed by atoms with van der Waals surface area (Å²) < 4.78 is 28.0. The van der Waals surface area contributed by atoms with E-state index in [1.165, 1.54) is 22.9 Å². The van der Waals surface area contributed by atoms with Crippen LogP contribution in [0.25, 0.3) is 5.69 Å². The zero-order valence-electron chi connectivity index (χ0n) is 15.4. The van der Waals surface area contributed by atoms with Crippen LogP contribution in [0, 0.1) is 11.6 Å². The Bertz CT molecular complexity index is 1110. The Morgan fingerprint density at radius 3 is 2.38 bits per heavy atom. The van der Waals surface area contributed by atoms with Gasteiger partial charge < -0.3 is 10.2 Å². The molecule has 6 nitrogen and oxygen atoms in total. The number of halogens is 2. The topological polar surface area (TPSA) is 67.2 Å². The highest BCUT2D eigenvalue weighted by Gasteiger charge is 2.15. The second-order valence-corrected chi connectivity index (χ2v) is 6.76. The van der Waals surface area contributed by atoms with Crippen LogP contribution in [0.3, 0.4) is 0 Å². The number of anilines is 2. The predicted molar refractivity (Wildman–Crippen MR) is 106 cm³/mol. The molecule has 0 radical (unpaired) electrons. The van der Waals surface area contributed by atoms with Gasteiger partial charge in [0.15, 0.2) is 0 Å². The summed E-state index contributed by atoms with van der Waals surface area (Å²) in [5.74, 6) is -1.40. The summed E-state index contributed by atoms with van der Waals surface area (Å²) >= 11 is 0. The highest BCUT2D eigenvalue weighted by Crippen LogP contribution is 2.18. The van der Waals surface area contributed by atoms with Gasteiger partial charge in [-0.15, -0.1) is 5.10 Å². The first kappa shape index (κ1) is 18.8. The Morgan fingerprint density at radius 2 is 1.69 bits per heavy atom. The third kappa shape index (κ3) is 4.01. The highest BCUT2D eigenvalue weighted by molar-refractivity contribution is 6.04. The number of hydrogen-bond acceptors (Lipinski definition) is 4. The first-order chi connectivity index (χ1) is 14.0. The van der Waals surface area contributed by atoms with E-state index in [0.717, 1.165) is 43.9 Å². The van der Waals surface area contributed by atoms with Crippen LogP contribution in [0.4, 0.5) is 20.3 Å². The Labute approximate surface area is 165 Å². The zero-order chi connectivity index (χ0) is 20.4. The largest absolute Gasteiger partial charge is 0.355 e. The molecule has 0 spiro atoms. The monoisotopic (exact) mass is 396 g/mol. The van der Waals surface area contributed by atoms with Crippen molar-refractivity contribution >= 4 is 17.4 Å². The summed E-state index contributed by atoms with van der Waals surface area (Å²) in [6, 6.07) is 12.3. The van der Waals surface area contributed by atoms with E-state index in [1.807, 2.05) is 0 Å².